The molecule has 0 radical (unpaired) electrons. The minimum Gasteiger partial charge on any atom is -0.393 e. The fourth-order valence-corrected chi connectivity index (χ4v) is 1.90. The second-order valence-corrected chi connectivity index (χ2v) is 4.73. The molecule has 6 nitrogen and oxygen atoms in total. The first-order chi connectivity index (χ1) is 8.88. The molecular formula is C13H19N3O3. The number of nitrogen functional groups attached to an aromatic ring is 1. The van der Waals surface area contributed by atoms with Crippen LogP contribution >= 0.6 is 0 Å². The van der Waals surface area contributed by atoms with E-state index in [1.165, 1.54) is 18.2 Å². The van der Waals surface area contributed by atoms with Gasteiger partial charge in [-0.25, -0.2) is 0 Å². The van der Waals surface area contributed by atoms with Crippen LogP contribution in [0.4, 0.5) is 11.4 Å². The predicted molar refractivity (Wildman–Crippen MR) is 73.9 cm³/mol. The Morgan fingerprint density at radius 3 is 2.58 bits per heavy atom. The van der Waals surface area contributed by atoms with E-state index in [1.54, 1.807) is 0 Å². The highest BCUT2D eigenvalue weighted by Crippen LogP contribution is 2.25. The van der Waals surface area contributed by atoms with Gasteiger partial charge in [-0.1, -0.05) is 26.8 Å². The monoisotopic (exact) mass is 265 g/mol. The Labute approximate surface area is 112 Å². The number of nitro benzene ring substituents is 1. The number of nitro groups is 1. The Morgan fingerprint density at radius 2 is 2.11 bits per heavy atom. The molecule has 0 fully saturated rings. The quantitative estimate of drug-likeness (QED) is 0.485. The highest BCUT2D eigenvalue weighted by molar-refractivity contribution is 6.01. The zero-order chi connectivity index (χ0) is 14.6. The Balaban J connectivity index is 3.00. The van der Waals surface area contributed by atoms with Gasteiger partial charge in [0.15, 0.2) is 0 Å². The fraction of sp³-hybridized carbons (Fsp3) is 0.462. The summed E-state index contributed by atoms with van der Waals surface area (Å²) in [6.07, 6.45) is 0.790. The van der Waals surface area contributed by atoms with Crippen LogP contribution in [0, 0.1) is 16.0 Å². The topological polar surface area (TPSA) is 98.3 Å². The molecule has 3 N–H and O–H groups in total. The van der Waals surface area contributed by atoms with Crippen molar-refractivity contribution < 1.29 is 9.72 Å². The Hall–Kier alpha value is -2.11. The lowest BCUT2D eigenvalue weighted by Gasteiger charge is -2.21. The molecule has 0 aliphatic heterocycles. The lowest BCUT2D eigenvalue weighted by molar-refractivity contribution is -0.383. The molecule has 0 saturated carbocycles. The standard InChI is InChI=1S/C13H19N3O3/c1-4-10(8(2)3)15-13(17)9-6-5-7-11(12(9)14)16(18)19/h5-8,10H,4,14H2,1-3H3,(H,15,17). The summed E-state index contributed by atoms with van der Waals surface area (Å²) in [5.74, 6) is -0.0874. The van der Waals surface area contributed by atoms with Gasteiger partial charge in [-0.3, -0.25) is 14.9 Å². The third kappa shape index (κ3) is 3.43. The number of carbonyl (C=O) groups is 1. The van der Waals surface area contributed by atoms with Gasteiger partial charge >= 0.3 is 0 Å². The number of nitrogens with one attached hydrogen (secondary N) is 1. The van der Waals surface area contributed by atoms with Gasteiger partial charge < -0.3 is 11.1 Å². The number of nitrogens with zero attached hydrogens (tertiary/aromatic N) is 1. The van der Waals surface area contributed by atoms with Crippen molar-refractivity contribution in [2.75, 3.05) is 5.73 Å². The largest absolute Gasteiger partial charge is 0.393 e. The number of rotatable bonds is 5. The van der Waals surface area contributed by atoms with Crippen LogP contribution in [-0.4, -0.2) is 16.9 Å². The Bertz CT molecular complexity index is 486. The van der Waals surface area contributed by atoms with Crippen LogP contribution in [0.25, 0.3) is 0 Å². The fourth-order valence-electron chi connectivity index (χ4n) is 1.90. The summed E-state index contributed by atoms with van der Waals surface area (Å²) >= 11 is 0. The van der Waals surface area contributed by atoms with E-state index in [0.29, 0.717) is 0 Å². The van der Waals surface area contributed by atoms with Gasteiger partial charge in [0.2, 0.25) is 0 Å². The third-order valence-electron chi connectivity index (χ3n) is 3.09. The molecule has 0 bridgehead atoms. The molecule has 0 aliphatic rings. The summed E-state index contributed by atoms with van der Waals surface area (Å²) in [7, 11) is 0. The highest BCUT2D eigenvalue weighted by Gasteiger charge is 2.21. The molecule has 104 valence electrons. The number of carbonyl (C=O) groups excluding carboxylic acids is 1. The Morgan fingerprint density at radius 1 is 1.47 bits per heavy atom. The summed E-state index contributed by atoms with van der Waals surface area (Å²) in [5.41, 5.74) is 5.48. The van der Waals surface area contributed by atoms with E-state index in [4.69, 9.17) is 5.73 Å². The summed E-state index contributed by atoms with van der Waals surface area (Å²) in [6, 6.07) is 4.25. The minimum absolute atomic E-state index is 0.0196. The van der Waals surface area contributed by atoms with Gasteiger partial charge in [0.25, 0.3) is 11.6 Å². The van der Waals surface area contributed by atoms with Crippen molar-refractivity contribution in [3.8, 4) is 0 Å². The maximum atomic E-state index is 12.1. The Kier molecular flexibility index (Phi) is 4.86. The smallest absolute Gasteiger partial charge is 0.292 e. The molecule has 0 spiro atoms. The van der Waals surface area contributed by atoms with Crippen LogP contribution in [0.5, 0.6) is 0 Å². The van der Waals surface area contributed by atoms with Gasteiger partial charge in [-0.15, -0.1) is 0 Å². The number of amides is 1. The molecule has 1 rings (SSSR count). The molecule has 1 unspecified atom stereocenters. The van der Waals surface area contributed by atoms with Crippen molar-refractivity contribution in [1.82, 2.24) is 5.32 Å². The van der Waals surface area contributed by atoms with E-state index in [1.807, 2.05) is 20.8 Å². The molecule has 1 aromatic carbocycles. The minimum atomic E-state index is -0.591. The molecule has 1 atom stereocenters. The van der Waals surface area contributed by atoms with E-state index in [9.17, 15) is 14.9 Å². The van der Waals surface area contributed by atoms with Crippen LogP contribution in [-0.2, 0) is 0 Å². The van der Waals surface area contributed by atoms with E-state index in [-0.39, 0.29) is 34.8 Å². The van der Waals surface area contributed by atoms with E-state index < -0.39 is 4.92 Å². The summed E-state index contributed by atoms with van der Waals surface area (Å²) in [5, 5.41) is 13.6. The molecule has 0 heterocycles. The summed E-state index contributed by atoms with van der Waals surface area (Å²) in [4.78, 5) is 22.3. The van der Waals surface area contributed by atoms with Gasteiger partial charge in [0.1, 0.15) is 5.69 Å². The van der Waals surface area contributed by atoms with Crippen molar-refractivity contribution in [2.45, 2.75) is 33.2 Å². The molecule has 0 aliphatic carbocycles. The lowest BCUT2D eigenvalue weighted by Crippen LogP contribution is -2.38. The lowest BCUT2D eigenvalue weighted by atomic mass is 10.0. The number of para-hydroxylation sites is 1. The predicted octanol–water partition coefficient (Wildman–Crippen LogP) is 2.34. The van der Waals surface area contributed by atoms with Crippen LogP contribution in [0.15, 0.2) is 18.2 Å². The van der Waals surface area contributed by atoms with Gasteiger partial charge in [-0.2, -0.15) is 0 Å². The van der Waals surface area contributed by atoms with Crippen LogP contribution < -0.4 is 11.1 Å². The molecule has 1 amide bonds. The van der Waals surface area contributed by atoms with Crippen molar-refractivity contribution >= 4 is 17.3 Å². The average Bonchev–Trinajstić information content (AvgIpc) is 2.35. The highest BCUT2D eigenvalue weighted by atomic mass is 16.6. The number of hydrogen-bond donors (Lipinski definition) is 2. The second-order valence-electron chi connectivity index (χ2n) is 4.73. The molecule has 0 aromatic heterocycles. The SMILES string of the molecule is CCC(NC(=O)c1cccc([N+](=O)[O-])c1N)C(C)C. The first kappa shape index (κ1) is 14.9. The van der Waals surface area contributed by atoms with Gasteiger partial charge in [0.05, 0.1) is 10.5 Å². The summed E-state index contributed by atoms with van der Waals surface area (Å²) < 4.78 is 0. The third-order valence-corrected chi connectivity index (χ3v) is 3.09. The first-order valence-corrected chi connectivity index (χ1v) is 6.22. The second kappa shape index (κ2) is 6.17. The van der Waals surface area contributed by atoms with Crippen LogP contribution in [0.3, 0.4) is 0 Å². The molecule has 0 saturated heterocycles. The number of nitrogens with two attached hydrogens (primary N) is 1. The van der Waals surface area contributed by atoms with Gasteiger partial charge in [-0.05, 0) is 18.4 Å². The molecule has 19 heavy (non-hydrogen) atoms. The first-order valence-electron chi connectivity index (χ1n) is 6.22. The van der Waals surface area contributed by atoms with Crippen LogP contribution in [0.1, 0.15) is 37.6 Å². The number of anilines is 1. The van der Waals surface area contributed by atoms with Crippen molar-refractivity contribution in [3.05, 3.63) is 33.9 Å². The number of hydrogen-bond acceptors (Lipinski definition) is 4. The maximum absolute atomic E-state index is 12.1. The van der Waals surface area contributed by atoms with E-state index >= 15 is 0 Å². The van der Waals surface area contributed by atoms with Crippen molar-refractivity contribution in [3.63, 3.8) is 0 Å². The molecule has 1 aromatic rings. The normalized spacial score (nSPS) is 12.2. The van der Waals surface area contributed by atoms with Crippen LogP contribution in [0.2, 0.25) is 0 Å². The van der Waals surface area contributed by atoms with Crippen molar-refractivity contribution in [1.29, 1.82) is 0 Å². The molecule has 6 heteroatoms. The average molecular weight is 265 g/mol. The number of benzene rings is 1. The summed E-state index contributed by atoms with van der Waals surface area (Å²) in [6.45, 7) is 5.98. The van der Waals surface area contributed by atoms with Crippen molar-refractivity contribution in [2.24, 2.45) is 5.92 Å². The van der Waals surface area contributed by atoms with E-state index in [0.717, 1.165) is 6.42 Å². The van der Waals surface area contributed by atoms with Gasteiger partial charge in [0, 0.05) is 12.1 Å². The maximum Gasteiger partial charge on any atom is 0.292 e. The zero-order valence-corrected chi connectivity index (χ0v) is 11.3. The van der Waals surface area contributed by atoms with E-state index in [2.05, 4.69) is 5.32 Å². The zero-order valence-electron chi connectivity index (χ0n) is 11.3. The molecular weight excluding hydrogens is 246 g/mol.